The van der Waals surface area contributed by atoms with E-state index in [2.05, 4.69) is 19.9 Å². The minimum atomic E-state index is -3.50. The van der Waals surface area contributed by atoms with Crippen molar-refractivity contribution in [2.24, 2.45) is 4.99 Å². The van der Waals surface area contributed by atoms with Gasteiger partial charge in [-0.05, 0) is 45.7 Å². The third-order valence-corrected chi connectivity index (χ3v) is 5.95. The van der Waals surface area contributed by atoms with Crippen molar-refractivity contribution in [3.63, 3.8) is 0 Å². The van der Waals surface area contributed by atoms with E-state index in [1.165, 1.54) is 0 Å². The van der Waals surface area contributed by atoms with E-state index in [1.807, 2.05) is 20.8 Å². The van der Waals surface area contributed by atoms with Crippen LogP contribution in [0.3, 0.4) is 0 Å². The Morgan fingerprint density at radius 3 is 2.43 bits per heavy atom. The number of benzene rings is 1. The van der Waals surface area contributed by atoms with Gasteiger partial charge in [0.2, 0.25) is 10.0 Å². The molecule has 2 N–H and O–H groups in total. The summed E-state index contributed by atoms with van der Waals surface area (Å²) in [6, 6.07) is 6.82. The van der Waals surface area contributed by atoms with E-state index in [-0.39, 0.29) is 35.4 Å². The van der Waals surface area contributed by atoms with Crippen LogP contribution >= 0.6 is 24.0 Å². The second-order valence-electron chi connectivity index (χ2n) is 6.59. The highest BCUT2D eigenvalue weighted by Crippen LogP contribution is 2.14. The standard InChI is InChI=1S/C19H32N4O3S.HI/c1-4-20-19(23-14-10-17(11-15-23)26-5-2)21-12-13-22-27(24,25)18-8-6-16(3)7-9-18;/h6-9,17,22H,4-5,10-15H2,1-3H3,(H,20,21);1H. The van der Waals surface area contributed by atoms with Crippen LogP contribution in [0.5, 0.6) is 0 Å². The first-order valence-corrected chi connectivity index (χ1v) is 11.2. The number of piperidine rings is 1. The Morgan fingerprint density at radius 2 is 1.86 bits per heavy atom. The minimum absolute atomic E-state index is 0. The van der Waals surface area contributed by atoms with E-state index in [0.29, 0.717) is 12.6 Å². The van der Waals surface area contributed by atoms with Gasteiger partial charge < -0.3 is 15.0 Å². The van der Waals surface area contributed by atoms with Crippen molar-refractivity contribution in [3.05, 3.63) is 29.8 Å². The smallest absolute Gasteiger partial charge is 0.240 e. The summed E-state index contributed by atoms with van der Waals surface area (Å²) in [5, 5.41) is 3.29. The second kappa shape index (κ2) is 12.6. The monoisotopic (exact) mass is 524 g/mol. The molecular weight excluding hydrogens is 491 g/mol. The number of likely N-dealkylation sites (tertiary alicyclic amines) is 1. The Bertz CT molecular complexity index is 702. The fourth-order valence-corrected chi connectivity index (χ4v) is 4.06. The predicted molar refractivity (Wildman–Crippen MR) is 124 cm³/mol. The van der Waals surface area contributed by atoms with Crippen molar-refractivity contribution in [2.45, 2.75) is 44.6 Å². The van der Waals surface area contributed by atoms with E-state index in [4.69, 9.17) is 4.74 Å². The van der Waals surface area contributed by atoms with Gasteiger partial charge in [-0.2, -0.15) is 0 Å². The summed E-state index contributed by atoms with van der Waals surface area (Å²) in [7, 11) is -3.50. The van der Waals surface area contributed by atoms with E-state index < -0.39 is 10.0 Å². The third-order valence-electron chi connectivity index (χ3n) is 4.48. The Morgan fingerprint density at radius 1 is 1.21 bits per heavy atom. The summed E-state index contributed by atoms with van der Waals surface area (Å²) in [4.78, 5) is 7.08. The van der Waals surface area contributed by atoms with Gasteiger partial charge in [-0.3, -0.25) is 4.99 Å². The zero-order valence-corrected chi connectivity index (χ0v) is 20.1. The van der Waals surface area contributed by atoms with Gasteiger partial charge in [0, 0.05) is 32.8 Å². The second-order valence-corrected chi connectivity index (χ2v) is 8.36. The number of halogens is 1. The molecule has 0 amide bonds. The number of aliphatic imine (C=N–C) groups is 1. The molecule has 0 radical (unpaired) electrons. The largest absolute Gasteiger partial charge is 0.378 e. The zero-order valence-electron chi connectivity index (χ0n) is 17.0. The molecule has 0 spiro atoms. The number of hydrogen-bond acceptors (Lipinski definition) is 4. The number of hydrogen-bond donors (Lipinski definition) is 2. The van der Waals surface area contributed by atoms with Gasteiger partial charge >= 0.3 is 0 Å². The van der Waals surface area contributed by atoms with Crippen LogP contribution in [0.25, 0.3) is 0 Å². The number of nitrogens with one attached hydrogen (secondary N) is 2. The Kier molecular flexibility index (Phi) is 11.3. The van der Waals surface area contributed by atoms with E-state index in [0.717, 1.165) is 50.6 Å². The van der Waals surface area contributed by atoms with Crippen molar-refractivity contribution in [1.29, 1.82) is 0 Å². The molecule has 0 atom stereocenters. The SMILES string of the molecule is CCNC(=NCCNS(=O)(=O)c1ccc(C)cc1)N1CCC(OCC)CC1.I. The van der Waals surface area contributed by atoms with Gasteiger partial charge in [-0.1, -0.05) is 17.7 Å². The molecule has 0 aliphatic carbocycles. The molecule has 9 heteroatoms. The number of aryl methyl sites for hydroxylation is 1. The van der Waals surface area contributed by atoms with Gasteiger partial charge in [0.05, 0.1) is 17.5 Å². The maximum absolute atomic E-state index is 12.3. The summed E-state index contributed by atoms with van der Waals surface area (Å²) < 4.78 is 32.9. The van der Waals surface area contributed by atoms with Crippen molar-refractivity contribution < 1.29 is 13.2 Å². The van der Waals surface area contributed by atoms with Crippen LogP contribution in [0.4, 0.5) is 0 Å². The fourth-order valence-electron chi connectivity index (χ4n) is 3.04. The van der Waals surface area contributed by atoms with Crippen LogP contribution in [0.15, 0.2) is 34.2 Å². The highest BCUT2D eigenvalue weighted by atomic mass is 127. The molecule has 1 saturated heterocycles. The van der Waals surface area contributed by atoms with Crippen LogP contribution in [0.1, 0.15) is 32.3 Å². The average Bonchev–Trinajstić information content (AvgIpc) is 2.65. The number of ether oxygens (including phenoxy) is 1. The normalized spacial score (nSPS) is 16.0. The highest BCUT2D eigenvalue weighted by Gasteiger charge is 2.21. The average molecular weight is 524 g/mol. The molecule has 1 aromatic rings. The molecule has 0 bridgehead atoms. The number of rotatable bonds is 8. The maximum Gasteiger partial charge on any atom is 0.240 e. The number of nitrogens with zero attached hydrogens (tertiary/aromatic N) is 2. The molecule has 7 nitrogen and oxygen atoms in total. The van der Waals surface area contributed by atoms with Crippen LogP contribution in [0.2, 0.25) is 0 Å². The van der Waals surface area contributed by atoms with Gasteiger partial charge in [0.15, 0.2) is 5.96 Å². The lowest BCUT2D eigenvalue weighted by atomic mass is 10.1. The Hall–Kier alpha value is -0.910. The molecule has 1 aliphatic rings. The molecule has 0 unspecified atom stereocenters. The van der Waals surface area contributed by atoms with Crippen LogP contribution in [-0.2, 0) is 14.8 Å². The van der Waals surface area contributed by atoms with Crippen molar-refractivity contribution in [3.8, 4) is 0 Å². The first-order chi connectivity index (χ1) is 13.0. The van der Waals surface area contributed by atoms with Gasteiger partial charge in [0.1, 0.15) is 0 Å². The van der Waals surface area contributed by atoms with Gasteiger partial charge in [-0.25, -0.2) is 13.1 Å². The predicted octanol–water partition coefficient (Wildman–Crippen LogP) is 2.36. The first-order valence-electron chi connectivity index (χ1n) is 9.67. The summed E-state index contributed by atoms with van der Waals surface area (Å²) in [5.74, 6) is 0.835. The van der Waals surface area contributed by atoms with Crippen molar-refractivity contribution in [1.82, 2.24) is 14.9 Å². The minimum Gasteiger partial charge on any atom is -0.378 e. The fraction of sp³-hybridized carbons (Fsp3) is 0.632. The summed E-state index contributed by atoms with van der Waals surface area (Å²) in [5.41, 5.74) is 1.03. The molecule has 28 heavy (non-hydrogen) atoms. The Labute approximate surface area is 186 Å². The summed E-state index contributed by atoms with van der Waals surface area (Å²) in [6.45, 7) is 9.95. The molecule has 0 aromatic heterocycles. The topological polar surface area (TPSA) is 83.0 Å². The summed E-state index contributed by atoms with van der Waals surface area (Å²) in [6.07, 6.45) is 2.30. The van der Waals surface area contributed by atoms with Crippen LogP contribution in [0, 0.1) is 6.92 Å². The van der Waals surface area contributed by atoms with E-state index in [9.17, 15) is 8.42 Å². The van der Waals surface area contributed by atoms with Crippen LogP contribution < -0.4 is 10.0 Å². The molecule has 160 valence electrons. The van der Waals surface area contributed by atoms with Crippen molar-refractivity contribution in [2.75, 3.05) is 39.3 Å². The lowest BCUT2D eigenvalue weighted by Gasteiger charge is -2.34. The Balaban J connectivity index is 0.00000392. The molecule has 0 saturated carbocycles. The number of sulfonamides is 1. The molecule has 1 heterocycles. The van der Waals surface area contributed by atoms with Gasteiger partial charge in [0.25, 0.3) is 0 Å². The lowest BCUT2D eigenvalue weighted by molar-refractivity contribution is 0.0264. The molecular formula is C19H33IN4O3S. The maximum atomic E-state index is 12.3. The van der Waals surface area contributed by atoms with E-state index >= 15 is 0 Å². The number of guanidine groups is 1. The summed E-state index contributed by atoms with van der Waals surface area (Å²) >= 11 is 0. The molecule has 1 aliphatic heterocycles. The lowest BCUT2D eigenvalue weighted by Crippen LogP contribution is -2.47. The molecule has 1 aromatic carbocycles. The quantitative estimate of drug-likeness (QED) is 0.236. The molecule has 2 rings (SSSR count). The van der Waals surface area contributed by atoms with Gasteiger partial charge in [-0.15, -0.1) is 24.0 Å². The van der Waals surface area contributed by atoms with E-state index in [1.54, 1.807) is 24.3 Å². The molecule has 1 fully saturated rings. The van der Waals surface area contributed by atoms with Crippen LogP contribution in [-0.4, -0.2) is 64.7 Å². The third kappa shape index (κ3) is 7.84. The highest BCUT2D eigenvalue weighted by molar-refractivity contribution is 14.0. The van der Waals surface area contributed by atoms with Crippen molar-refractivity contribution >= 4 is 40.0 Å². The zero-order chi connectivity index (χ0) is 19.7. The first kappa shape index (κ1) is 25.1.